The summed E-state index contributed by atoms with van der Waals surface area (Å²) in [6, 6.07) is 41.0. The largest absolute Gasteiger partial charge is 0.497 e. The van der Waals surface area contributed by atoms with Gasteiger partial charge in [-0.1, -0.05) is 125 Å². The minimum Gasteiger partial charge on any atom is -0.497 e. The van der Waals surface area contributed by atoms with Gasteiger partial charge in [-0.2, -0.15) is 0 Å². The molecule has 0 amide bonds. The fraction of sp³-hybridized carbons (Fsp3) is 0.250. The third kappa shape index (κ3) is 9.24. The van der Waals surface area contributed by atoms with Gasteiger partial charge in [0.05, 0.1) is 12.4 Å². The first-order valence-corrected chi connectivity index (χ1v) is 18.0. The van der Waals surface area contributed by atoms with Crippen LogP contribution in [0.3, 0.4) is 0 Å². The Labute approximate surface area is 295 Å². The van der Waals surface area contributed by atoms with Gasteiger partial charge in [0.15, 0.2) is 6.61 Å². The fourth-order valence-corrected chi connectivity index (χ4v) is 6.77. The summed E-state index contributed by atoms with van der Waals surface area (Å²) in [5.74, 6) is 2.03. The quantitative estimate of drug-likeness (QED) is 0.0941. The van der Waals surface area contributed by atoms with E-state index < -0.39 is 5.97 Å². The number of aliphatic carboxylic acids is 1. The molecule has 0 saturated heterocycles. The summed E-state index contributed by atoms with van der Waals surface area (Å²) in [6.45, 7) is 13.0. The molecule has 0 bridgehead atoms. The van der Waals surface area contributed by atoms with E-state index in [1.807, 2.05) is 32.0 Å². The van der Waals surface area contributed by atoms with Gasteiger partial charge in [0.25, 0.3) is 0 Å². The first-order valence-electron chi connectivity index (χ1n) is 17.0. The average Bonchev–Trinajstić information content (AvgIpc) is 3.11. The van der Waals surface area contributed by atoms with Crippen molar-refractivity contribution in [2.75, 3.05) is 19.0 Å². The number of benzene rings is 5. The molecule has 5 heteroatoms. The predicted molar refractivity (Wildman–Crippen MR) is 205 cm³/mol. The molecule has 5 aromatic carbocycles. The van der Waals surface area contributed by atoms with Crippen LogP contribution >= 0.6 is 11.8 Å². The van der Waals surface area contributed by atoms with E-state index in [1.165, 1.54) is 33.4 Å². The van der Waals surface area contributed by atoms with Crippen LogP contribution in [-0.2, 0) is 9.53 Å². The Balaban J connectivity index is 1.52. The van der Waals surface area contributed by atoms with Crippen molar-refractivity contribution in [3.63, 3.8) is 0 Å². The van der Waals surface area contributed by atoms with E-state index in [1.54, 1.807) is 11.8 Å². The van der Waals surface area contributed by atoms with Crippen LogP contribution in [0.4, 0.5) is 0 Å². The maximum absolute atomic E-state index is 11.0. The number of hydrogen-bond donors (Lipinski definition) is 1. The first-order chi connectivity index (χ1) is 23.6. The highest BCUT2D eigenvalue weighted by atomic mass is 32.2. The summed E-state index contributed by atoms with van der Waals surface area (Å²) in [6.07, 6.45) is 0. The van der Waals surface area contributed by atoms with Gasteiger partial charge in [0.1, 0.15) is 11.5 Å². The number of ether oxygens (including phenoxy) is 2. The van der Waals surface area contributed by atoms with Gasteiger partial charge in [-0.25, -0.2) is 4.79 Å². The topological polar surface area (TPSA) is 55.8 Å². The standard InChI is InChI=1S/C44H46O4S/c1-7-47-42(28-49-40-22-23-41(31(6)24-40)48-27-43(45)46)44(34-18-14-32(15-19-34)38-12-8-10-36(25-38)29(2)3)35-20-16-33(17-21-35)39-13-9-11-37(26-39)30(4)5/h8-26,29-30H,7,27-28H2,1-6H3,(H,45,46). The van der Waals surface area contributed by atoms with Gasteiger partial charge in [0.2, 0.25) is 0 Å². The molecular weight excluding hydrogens is 625 g/mol. The number of carboxylic acid groups (broad SMARTS) is 1. The minimum atomic E-state index is -0.994. The Morgan fingerprint density at radius 1 is 0.694 bits per heavy atom. The van der Waals surface area contributed by atoms with Crippen LogP contribution in [0.25, 0.3) is 27.8 Å². The SMILES string of the molecule is CCOC(CSc1ccc(OCC(=O)O)c(C)c1)=C(c1ccc(-c2cccc(C(C)C)c2)cc1)c1ccc(-c2cccc(C(C)C)c2)cc1. The molecule has 0 radical (unpaired) electrons. The fourth-order valence-electron chi connectivity index (χ4n) is 5.82. The molecule has 0 unspecified atom stereocenters. The Morgan fingerprint density at radius 2 is 1.22 bits per heavy atom. The molecule has 0 atom stereocenters. The van der Waals surface area contributed by atoms with Gasteiger partial charge in [-0.15, -0.1) is 11.8 Å². The van der Waals surface area contributed by atoms with E-state index in [0.29, 0.717) is 29.9 Å². The summed E-state index contributed by atoms with van der Waals surface area (Å²) in [5.41, 5.74) is 11.6. The van der Waals surface area contributed by atoms with Gasteiger partial charge >= 0.3 is 5.97 Å². The van der Waals surface area contributed by atoms with Gasteiger partial charge in [-0.3, -0.25) is 0 Å². The normalized spacial score (nSPS) is 11.1. The van der Waals surface area contributed by atoms with E-state index in [9.17, 15) is 4.79 Å². The van der Waals surface area contributed by atoms with Gasteiger partial charge in [0, 0.05) is 10.5 Å². The van der Waals surface area contributed by atoms with Crippen LogP contribution in [0.5, 0.6) is 5.75 Å². The molecule has 4 nitrogen and oxygen atoms in total. The molecule has 0 saturated carbocycles. The lowest BCUT2D eigenvalue weighted by molar-refractivity contribution is -0.139. The lowest BCUT2D eigenvalue weighted by Gasteiger charge is -2.18. The van der Waals surface area contributed by atoms with Gasteiger partial charge in [-0.05, 0) is 94.0 Å². The number of aryl methyl sites for hydroxylation is 1. The molecule has 5 rings (SSSR count). The summed E-state index contributed by atoms with van der Waals surface area (Å²) in [7, 11) is 0. The zero-order valence-corrected chi connectivity index (χ0v) is 30.1. The van der Waals surface area contributed by atoms with Gasteiger partial charge < -0.3 is 14.6 Å². The minimum absolute atomic E-state index is 0.363. The Morgan fingerprint density at radius 3 is 1.67 bits per heavy atom. The Hall–Kier alpha value is -4.74. The smallest absolute Gasteiger partial charge is 0.341 e. The summed E-state index contributed by atoms with van der Waals surface area (Å²) in [4.78, 5) is 12.0. The lowest BCUT2D eigenvalue weighted by Crippen LogP contribution is -2.10. The second-order valence-corrected chi connectivity index (χ2v) is 13.9. The number of carbonyl (C=O) groups is 1. The molecule has 1 N–H and O–H groups in total. The first kappa shape index (κ1) is 35.6. The Kier molecular flexibility index (Phi) is 12.0. The van der Waals surface area contributed by atoms with Crippen LogP contribution in [0.1, 0.15) is 74.3 Å². The molecule has 0 heterocycles. The molecule has 0 aliphatic carbocycles. The van der Waals surface area contributed by atoms with Crippen molar-refractivity contribution in [1.82, 2.24) is 0 Å². The van der Waals surface area contributed by atoms with Crippen molar-refractivity contribution < 1.29 is 19.4 Å². The summed E-state index contributed by atoms with van der Waals surface area (Å²) < 4.78 is 11.9. The second kappa shape index (κ2) is 16.6. The molecule has 49 heavy (non-hydrogen) atoms. The number of thioether (sulfide) groups is 1. The van der Waals surface area contributed by atoms with Crippen molar-refractivity contribution in [1.29, 1.82) is 0 Å². The molecular formula is C44H46O4S. The molecule has 0 aliphatic heterocycles. The van der Waals surface area contributed by atoms with Crippen molar-refractivity contribution >= 4 is 23.3 Å². The van der Waals surface area contributed by atoms with Crippen molar-refractivity contribution in [3.8, 4) is 28.0 Å². The van der Waals surface area contributed by atoms with Crippen molar-refractivity contribution in [2.24, 2.45) is 0 Å². The molecule has 0 aromatic heterocycles. The maximum atomic E-state index is 11.0. The third-order valence-corrected chi connectivity index (χ3v) is 9.58. The zero-order chi connectivity index (χ0) is 34.9. The second-order valence-electron chi connectivity index (χ2n) is 12.8. The number of hydrogen-bond acceptors (Lipinski definition) is 4. The van der Waals surface area contributed by atoms with E-state index in [2.05, 4.69) is 125 Å². The third-order valence-electron chi connectivity index (χ3n) is 8.59. The van der Waals surface area contributed by atoms with Crippen molar-refractivity contribution in [2.45, 2.75) is 58.3 Å². The molecule has 0 aliphatic rings. The van der Waals surface area contributed by atoms with Crippen LogP contribution < -0.4 is 4.74 Å². The lowest BCUT2D eigenvalue weighted by atomic mass is 9.92. The van der Waals surface area contributed by atoms with E-state index >= 15 is 0 Å². The molecule has 5 aromatic rings. The average molecular weight is 671 g/mol. The van der Waals surface area contributed by atoms with Crippen LogP contribution in [0.2, 0.25) is 0 Å². The molecule has 252 valence electrons. The zero-order valence-electron chi connectivity index (χ0n) is 29.3. The highest BCUT2D eigenvalue weighted by molar-refractivity contribution is 7.99. The highest BCUT2D eigenvalue weighted by Gasteiger charge is 2.16. The van der Waals surface area contributed by atoms with E-state index in [-0.39, 0.29) is 6.61 Å². The van der Waals surface area contributed by atoms with Crippen LogP contribution in [-0.4, -0.2) is 30.0 Å². The monoisotopic (exact) mass is 670 g/mol. The van der Waals surface area contributed by atoms with E-state index in [4.69, 9.17) is 14.6 Å². The molecule has 0 spiro atoms. The predicted octanol–water partition coefficient (Wildman–Crippen LogP) is 11.6. The van der Waals surface area contributed by atoms with Crippen molar-refractivity contribution in [3.05, 3.63) is 149 Å². The number of rotatable bonds is 14. The van der Waals surface area contributed by atoms with Crippen LogP contribution in [0, 0.1) is 6.92 Å². The highest BCUT2D eigenvalue weighted by Crippen LogP contribution is 2.35. The summed E-state index contributed by atoms with van der Waals surface area (Å²) in [5, 5.41) is 9.02. The molecule has 0 fully saturated rings. The summed E-state index contributed by atoms with van der Waals surface area (Å²) >= 11 is 1.69. The number of carboxylic acids is 1. The van der Waals surface area contributed by atoms with Crippen LogP contribution in [0.15, 0.2) is 126 Å². The maximum Gasteiger partial charge on any atom is 0.341 e. The van der Waals surface area contributed by atoms with E-state index in [0.717, 1.165) is 32.9 Å². The Bertz CT molecular complexity index is 1810.